The standard InChI is InChI=1S/C18H30N2O/c1-3-4-13-20(17-8-6-5-7-9-17)14-12-18(2,15-21)19-16-10-11-16/h5-9,16,19,21H,3-4,10-15H2,1-2H3. The summed E-state index contributed by atoms with van der Waals surface area (Å²) in [5, 5.41) is 13.3. The molecule has 1 aliphatic rings. The molecule has 0 aromatic heterocycles. The molecule has 0 saturated heterocycles. The zero-order valence-electron chi connectivity index (χ0n) is 13.5. The van der Waals surface area contributed by atoms with Crippen LogP contribution in [0.1, 0.15) is 46.0 Å². The maximum Gasteiger partial charge on any atom is 0.0611 e. The molecular weight excluding hydrogens is 260 g/mol. The van der Waals surface area contributed by atoms with Gasteiger partial charge in [0.05, 0.1) is 6.61 Å². The SMILES string of the molecule is CCCCN(CCC(C)(CO)NC1CC1)c1ccccc1. The zero-order valence-corrected chi connectivity index (χ0v) is 13.5. The third-order valence-corrected chi connectivity index (χ3v) is 4.32. The molecule has 1 atom stereocenters. The Morgan fingerprint density at radius 3 is 2.52 bits per heavy atom. The molecule has 2 rings (SSSR count). The number of nitrogens with zero attached hydrogens (tertiary/aromatic N) is 1. The number of anilines is 1. The maximum absolute atomic E-state index is 9.74. The van der Waals surface area contributed by atoms with Crippen LogP contribution < -0.4 is 10.2 Å². The van der Waals surface area contributed by atoms with E-state index in [0.29, 0.717) is 6.04 Å². The third kappa shape index (κ3) is 5.33. The summed E-state index contributed by atoms with van der Waals surface area (Å²) in [6, 6.07) is 11.3. The number of hydrogen-bond donors (Lipinski definition) is 2. The fourth-order valence-electron chi connectivity index (χ4n) is 2.66. The van der Waals surface area contributed by atoms with Gasteiger partial charge in [0.15, 0.2) is 0 Å². The van der Waals surface area contributed by atoms with Crippen molar-refractivity contribution >= 4 is 5.69 Å². The van der Waals surface area contributed by atoms with Gasteiger partial charge in [-0.1, -0.05) is 31.5 Å². The summed E-state index contributed by atoms with van der Waals surface area (Å²) in [4.78, 5) is 2.45. The van der Waals surface area contributed by atoms with Crippen molar-refractivity contribution in [1.29, 1.82) is 0 Å². The highest BCUT2D eigenvalue weighted by atomic mass is 16.3. The van der Waals surface area contributed by atoms with Crippen molar-refractivity contribution in [2.45, 2.75) is 57.5 Å². The van der Waals surface area contributed by atoms with Crippen LogP contribution in [-0.2, 0) is 0 Å². The first-order valence-electron chi connectivity index (χ1n) is 8.35. The Morgan fingerprint density at radius 1 is 1.24 bits per heavy atom. The Kier molecular flexibility index (Phi) is 6.07. The predicted molar refractivity (Wildman–Crippen MR) is 89.8 cm³/mol. The lowest BCUT2D eigenvalue weighted by atomic mass is 9.98. The molecular formula is C18H30N2O. The lowest BCUT2D eigenvalue weighted by Crippen LogP contribution is -2.49. The maximum atomic E-state index is 9.74. The van der Waals surface area contributed by atoms with Gasteiger partial charge in [0.1, 0.15) is 0 Å². The molecule has 1 unspecified atom stereocenters. The van der Waals surface area contributed by atoms with E-state index in [9.17, 15) is 5.11 Å². The molecule has 1 aromatic carbocycles. The van der Waals surface area contributed by atoms with Crippen molar-refractivity contribution in [3.05, 3.63) is 30.3 Å². The summed E-state index contributed by atoms with van der Waals surface area (Å²) < 4.78 is 0. The van der Waals surface area contributed by atoms with Crippen LogP contribution in [0, 0.1) is 0 Å². The molecule has 1 aromatic rings. The van der Waals surface area contributed by atoms with Crippen LogP contribution in [-0.4, -0.2) is 36.4 Å². The summed E-state index contributed by atoms with van der Waals surface area (Å²) in [5.41, 5.74) is 1.14. The van der Waals surface area contributed by atoms with Crippen molar-refractivity contribution in [3.8, 4) is 0 Å². The first-order valence-corrected chi connectivity index (χ1v) is 8.35. The van der Waals surface area contributed by atoms with E-state index in [1.807, 2.05) is 0 Å². The van der Waals surface area contributed by atoms with E-state index < -0.39 is 0 Å². The van der Waals surface area contributed by atoms with E-state index in [0.717, 1.165) is 19.5 Å². The van der Waals surface area contributed by atoms with E-state index in [1.165, 1.54) is 31.4 Å². The van der Waals surface area contributed by atoms with E-state index in [1.54, 1.807) is 0 Å². The Bertz CT molecular complexity index is 405. The highest BCUT2D eigenvalue weighted by Crippen LogP contribution is 2.25. The Hall–Kier alpha value is -1.06. The van der Waals surface area contributed by atoms with Crippen LogP contribution in [0.5, 0.6) is 0 Å². The molecule has 118 valence electrons. The van der Waals surface area contributed by atoms with Crippen LogP contribution in [0.3, 0.4) is 0 Å². The first-order chi connectivity index (χ1) is 10.2. The minimum atomic E-state index is -0.152. The van der Waals surface area contributed by atoms with Crippen molar-refractivity contribution in [3.63, 3.8) is 0 Å². The molecule has 0 radical (unpaired) electrons. The zero-order chi connectivity index (χ0) is 15.1. The molecule has 1 saturated carbocycles. The topological polar surface area (TPSA) is 35.5 Å². The molecule has 3 nitrogen and oxygen atoms in total. The molecule has 1 aliphatic carbocycles. The van der Waals surface area contributed by atoms with E-state index in [4.69, 9.17) is 0 Å². The molecule has 1 fully saturated rings. The van der Waals surface area contributed by atoms with E-state index in [2.05, 4.69) is 54.4 Å². The van der Waals surface area contributed by atoms with Gasteiger partial charge >= 0.3 is 0 Å². The number of aliphatic hydroxyl groups excluding tert-OH is 1. The van der Waals surface area contributed by atoms with Crippen LogP contribution in [0.4, 0.5) is 5.69 Å². The number of para-hydroxylation sites is 1. The highest BCUT2D eigenvalue weighted by molar-refractivity contribution is 5.45. The normalized spacial score (nSPS) is 17.5. The van der Waals surface area contributed by atoms with Gasteiger partial charge in [0, 0.05) is 30.4 Å². The van der Waals surface area contributed by atoms with Crippen LogP contribution in [0.25, 0.3) is 0 Å². The third-order valence-electron chi connectivity index (χ3n) is 4.32. The lowest BCUT2D eigenvalue weighted by molar-refractivity contribution is 0.165. The van der Waals surface area contributed by atoms with Crippen molar-refractivity contribution in [2.24, 2.45) is 0 Å². The summed E-state index contributed by atoms with van der Waals surface area (Å²) in [6.07, 6.45) is 5.90. The molecule has 3 heteroatoms. The number of aliphatic hydroxyl groups is 1. The summed E-state index contributed by atoms with van der Waals surface area (Å²) >= 11 is 0. The van der Waals surface area contributed by atoms with Gasteiger partial charge in [-0.3, -0.25) is 0 Å². The average molecular weight is 290 g/mol. The Balaban J connectivity index is 1.94. The second-order valence-corrected chi connectivity index (χ2v) is 6.56. The number of rotatable bonds is 10. The second kappa shape index (κ2) is 7.81. The van der Waals surface area contributed by atoms with Gasteiger partial charge < -0.3 is 15.3 Å². The molecule has 0 bridgehead atoms. The van der Waals surface area contributed by atoms with Crippen LogP contribution >= 0.6 is 0 Å². The fraction of sp³-hybridized carbons (Fsp3) is 0.667. The number of hydrogen-bond acceptors (Lipinski definition) is 3. The van der Waals surface area contributed by atoms with Crippen molar-refractivity contribution in [1.82, 2.24) is 5.32 Å². The van der Waals surface area contributed by atoms with Crippen LogP contribution in [0.2, 0.25) is 0 Å². The van der Waals surface area contributed by atoms with Crippen molar-refractivity contribution < 1.29 is 5.11 Å². The highest BCUT2D eigenvalue weighted by Gasteiger charge is 2.32. The van der Waals surface area contributed by atoms with Gasteiger partial charge in [-0.05, 0) is 44.7 Å². The lowest BCUT2D eigenvalue weighted by Gasteiger charge is -2.33. The minimum absolute atomic E-state index is 0.152. The van der Waals surface area contributed by atoms with E-state index in [-0.39, 0.29) is 12.1 Å². The fourth-order valence-corrected chi connectivity index (χ4v) is 2.66. The molecule has 0 amide bonds. The molecule has 0 spiro atoms. The van der Waals surface area contributed by atoms with Crippen molar-refractivity contribution in [2.75, 3.05) is 24.6 Å². The Labute approximate surface area is 129 Å². The van der Waals surface area contributed by atoms with E-state index >= 15 is 0 Å². The smallest absolute Gasteiger partial charge is 0.0611 e. The molecule has 0 aliphatic heterocycles. The first kappa shape index (κ1) is 16.3. The Morgan fingerprint density at radius 2 is 1.95 bits per heavy atom. The monoisotopic (exact) mass is 290 g/mol. The van der Waals surface area contributed by atoms with Gasteiger partial charge in [0.2, 0.25) is 0 Å². The molecule has 2 N–H and O–H groups in total. The number of unbranched alkanes of at least 4 members (excludes halogenated alkanes) is 1. The number of nitrogens with one attached hydrogen (secondary N) is 1. The van der Waals surface area contributed by atoms with Crippen LogP contribution in [0.15, 0.2) is 30.3 Å². The van der Waals surface area contributed by atoms with Gasteiger partial charge in [0.25, 0.3) is 0 Å². The molecule has 0 heterocycles. The van der Waals surface area contributed by atoms with Gasteiger partial charge in [-0.15, -0.1) is 0 Å². The van der Waals surface area contributed by atoms with Gasteiger partial charge in [-0.2, -0.15) is 0 Å². The second-order valence-electron chi connectivity index (χ2n) is 6.56. The van der Waals surface area contributed by atoms with Gasteiger partial charge in [-0.25, -0.2) is 0 Å². The largest absolute Gasteiger partial charge is 0.394 e. The minimum Gasteiger partial charge on any atom is -0.394 e. The summed E-state index contributed by atoms with van der Waals surface area (Å²) in [7, 11) is 0. The quantitative estimate of drug-likeness (QED) is 0.694. The average Bonchev–Trinajstić information content (AvgIpc) is 3.32. The molecule has 21 heavy (non-hydrogen) atoms. The predicted octanol–water partition coefficient (Wildman–Crippen LogP) is 3.19. The number of benzene rings is 1. The summed E-state index contributed by atoms with van der Waals surface area (Å²) in [6.45, 7) is 6.66. The summed E-state index contributed by atoms with van der Waals surface area (Å²) in [5.74, 6) is 0.